The number of rotatable bonds is 4. The Hall–Kier alpha value is -1.85. The van der Waals surface area contributed by atoms with Crippen molar-refractivity contribution in [2.75, 3.05) is 5.32 Å². The van der Waals surface area contributed by atoms with Crippen LogP contribution in [0.25, 0.3) is 0 Å². The van der Waals surface area contributed by atoms with Crippen molar-refractivity contribution in [2.45, 2.75) is 13.0 Å². The smallest absolute Gasteiger partial charge is 0.272 e. The molecule has 0 saturated heterocycles. The number of nitro groups is 1. The van der Waals surface area contributed by atoms with Gasteiger partial charge in [-0.15, -0.1) is 0 Å². The van der Waals surface area contributed by atoms with E-state index in [0.717, 1.165) is 0 Å². The van der Waals surface area contributed by atoms with Crippen molar-refractivity contribution in [3.63, 3.8) is 0 Å². The molecule has 4 nitrogen and oxygen atoms in total. The van der Waals surface area contributed by atoms with Crippen LogP contribution in [0.1, 0.15) is 18.5 Å². The van der Waals surface area contributed by atoms with Crippen LogP contribution in [0.2, 0.25) is 10.0 Å². The number of nitrogens with zero attached hydrogens (tertiary/aromatic N) is 1. The lowest BCUT2D eigenvalue weighted by Crippen LogP contribution is -2.08. The van der Waals surface area contributed by atoms with Crippen LogP contribution in [0.5, 0.6) is 0 Å². The van der Waals surface area contributed by atoms with Gasteiger partial charge in [0.1, 0.15) is 5.82 Å². The molecule has 1 N–H and O–H groups in total. The van der Waals surface area contributed by atoms with Crippen LogP contribution >= 0.6 is 23.2 Å². The molecule has 21 heavy (non-hydrogen) atoms. The van der Waals surface area contributed by atoms with Crippen molar-refractivity contribution >= 4 is 34.6 Å². The average Bonchev–Trinajstić information content (AvgIpc) is 2.42. The van der Waals surface area contributed by atoms with Gasteiger partial charge in [-0.2, -0.15) is 0 Å². The van der Waals surface area contributed by atoms with Gasteiger partial charge in [-0.25, -0.2) is 4.39 Å². The standard InChI is InChI=1S/C14H11Cl2FN2O2/c1-8(9-3-2-4-10(17)5-9)18-14-12(15)6-11(19(20)21)7-13(14)16/h2-8,18H,1H3. The van der Waals surface area contributed by atoms with Gasteiger partial charge in [0.15, 0.2) is 0 Å². The van der Waals surface area contributed by atoms with Gasteiger partial charge in [-0.05, 0) is 24.6 Å². The van der Waals surface area contributed by atoms with E-state index in [4.69, 9.17) is 23.2 Å². The molecule has 0 bridgehead atoms. The molecule has 0 spiro atoms. The van der Waals surface area contributed by atoms with E-state index in [2.05, 4.69) is 5.32 Å². The fraction of sp³-hybridized carbons (Fsp3) is 0.143. The summed E-state index contributed by atoms with van der Waals surface area (Å²) in [6.07, 6.45) is 0. The lowest BCUT2D eigenvalue weighted by Gasteiger charge is -2.18. The third kappa shape index (κ3) is 3.62. The van der Waals surface area contributed by atoms with Crippen LogP contribution in [-0.2, 0) is 0 Å². The van der Waals surface area contributed by atoms with Crippen LogP contribution in [0.15, 0.2) is 36.4 Å². The Kier molecular flexibility index (Phi) is 4.65. The molecule has 2 aromatic rings. The third-order valence-corrected chi connectivity index (χ3v) is 3.54. The molecule has 7 heteroatoms. The molecule has 0 aliphatic rings. The molecule has 1 unspecified atom stereocenters. The van der Waals surface area contributed by atoms with E-state index >= 15 is 0 Å². The lowest BCUT2D eigenvalue weighted by atomic mass is 10.1. The van der Waals surface area contributed by atoms with Gasteiger partial charge in [0.25, 0.3) is 5.69 Å². The zero-order valence-corrected chi connectivity index (χ0v) is 12.5. The Balaban J connectivity index is 2.29. The lowest BCUT2D eigenvalue weighted by molar-refractivity contribution is -0.384. The number of nitrogens with one attached hydrogen (secondary N) is 1. The predicted octanol–water partition coefficient (Wildman–Crippen LogP) is 5.21. The number of nitro benzene ring substituents is 1. The fourth-order valence-corrected chi connectivity index (χ4v) is 2.46. The van der Waals surface area contributed by atoms with Crippen LogP contribution in [-0.4, -0.2) is 4.92 Å². The first-order valence-electron chi connectivity index (χ1n) is 6.04. The Morgan fingerprint density at radius 1 is 1.24 bits per heavy atom. The first-order valence-corrected chi connectivity index (χ1v) is 6.79. The van der Waals surface area contributed by atoms with Crippen molar-refractivity contribution < 1.29 is 9.31 Å². The van der Waals surface area contributed by atoms with Crippen molar-refractivity contribution in [3.8, 4) is 0 Å². The maximum absolute atomic E-state index is 13.2. The number of hydrogen-bond donors (Lipinski definition) is 1. The van der Waals surface area contributed by atoms with Gasteiger partial charge < -0.3 is 5.32 Å². The van der Waals surface area contributed by atoms with Gasteiger partial charge in [0.05, 0.1) is 20.7 Å². The highest BCUT2D eigenvalue weighted by molar-refractivity contribution is 6.39. The molecule has 0 fully saturated rings. The number of anilines is 1. The molecular formula is C14H11Cl2FN2O2. The minimum absolute atomic E-state index is 0.137. The van der Waals surface area contributed by atoms with Crippen molar-refractivity contribution in [2.24, 2.45) is 0 Å². The maximum atomic E-state index is 13.2. The van der Waals surface area contributed by atoms with Crippen molar-refractivity contribution in [3.05, 3.63) is 67.9 Å². The van der Waals surface area contributed by atoms with Gasteiger partial charge in [-0.1, -0.05) is 35.3 Å². The Bertz CT molecular complexity index is 671. The zero-order valence-electron chi connectivity index (χ0n) is 10.9. The second-order valence-electron chi connectivity index (χ2n) is 4.46. The van der Waals surface area contributed by atoms with E-state index in [1.54, 1.807) is 12.1 Å². The molecular weight excluding hydrogens is 318 g/mol. The van der Waals surface area contributed by atoms with Crippen LogP contribution in [0.3, 0.4) is 0 Å². The molecule has 2 aromatic carbocycles. The Labute approximate surface area is 130 Å². The maximum Gasteiger partial charge on any atom is 0.272 e. The van der Waals surface area contributed by atoms with Gasteiger partial charge in [0.2, 0.25) is 0 Å². The summed E-state index contributed by atoms with van der Waals surface area (Å²) in [6.45, 7) is 1.81. The van der Waals surface area contributed by atoms with Crippen LogP contribution in [0, 0.1) is 15.9 Å². The number of hydrogen-bond acceptors (Lipinski definition) is 3. The molecule has 0 aliphatic heterocycles. The molecule has 2 rings (SSSR count). The summed E-state index contributed by atoms with van der Waals surface area (Å²) >= 11 is 12.0. The summed E-state index contributed by atoms with van der Waals surface area (Å²) in [5, 5.41) is 14.0. The van der Waals surface area contributed by atoms with E-state index in [0.29, 0.717) is 11.3 Å². The summed E-state index contributed by atoms with van der Waals surface area (Å²) in [7, 11) is 0. The highest BCUT2D eigenvalue weighted by Crippen LogP contribution is 2.36. The Morgan fingerprint density at radius 2 is 1.86 bits per heavy atom. The third-order valence-electron chi connectivity index (χ3n) is 2.95. The van der Waals surface area contributed by atoms with Gasteiger partial charge in [-0.3, -0.25) is 10.1 Å². The fourth-order valence-electron chi connectivity index (χ4n) is 1.88. The average molecular weight is 329 g/mol. The quantitative estimate of drug-likeness (QED) is 0.618. The van der Waals surface area contributed by atoms with E-state index < -0.39 is 4.92 Å². The van der Waals surface area contributed by atoms with Crippen LogP contribution in [0.4, 0.5) is 15.8 Å². The summed E-state index contributed by atoms with van der Waals surface area (Å²) in [6, 6.07) is 8.27. The Morgan fingerprint density at radius 3 is 2.38 bits per heavy atom. The molecule has 0 aromatic heterocycles. The molecule has 110 valence electrons. The second-order valence-corrected chi connectivity index (χ2v) is 5.28. The summed E-state index contributed by atoms with van der Waals surface area (Å²) < 4.78 is 13.2. The summed E-state index contributed by atoms with van der Waals surface area (Å²) in [5.41, 5.74) is 0.898. The molecule has 0 aliphatic carbocycles. The highest BCUT2D eigenvalue weighted by atomic mass is 35.5. The van der Waals surface area contributed by atoms with Gasteiger partial charge in [0, 0.05) is 18.2 Å². The zero-order chi connectivity index (χ0) is 15.6. The SMILES string of the molecule is CC(Nc1c(Cl)cc([N+](=O)[O-])cc1Cl)c1cccc(F)c1. The first kappa shape index (κ1) is 15.5. The first-order chi connectivity index (χ1) is 9.88. The number of non-ortho nitro benzene ring substituents is 1. The van der Waals surface area contributed by atoms with E-state index in [-0.39, 0.29) is 27.6 Å². The molecule has 0 radical (unpaired) electrons. The monoisotopic (exact) mass is 328 g/mol. The summed E-state index contributed by atoms with van der Waals surface area (Å²) in [5.74, 6) is -0.345. The van der Waals surface area contributed by atoms with Gasteiger partial charge >= 0.3 is 0 Å². The van der Waals surface area contributed by atoms with Crippen molar-refractivity contribution in [1.29, 1.82) is 0 Å². The second kappa shape index (κ2) is 6.28. The van der Waals surface area contributed by atoms with E-state index in [1.807, 2.05) is 6.92 Å². The van der Waals surface area contributed by atoms with E-state index in [1.165, 1.54) is 24.3 Å². The molecule has 1 atom stereocenters. The molecule has 0 heterocycles. The highest BCUT2D eigenvalue weighted by Gasteiger charge is 2.16. The normalized spacial score (nSPS) is 12.0. The number of halogens is 3. The van der Waals surface area contributed by atoms with Crippen LogP contribution < -0.4 is 5.32 Å². The van der Waals surface area contributed by atoms with Crippen molar-refractivity contribution in [1.82, 2.24) is 0 Å². The predicted molar refractivity (Wildman–Crippen MR) is 81.6 cm³/mol. The number of benzene rings is 2. The van der Waals surface area contributed by atoms with E-state index in [9.17, 15) is 14.5 Å². The minimum atomic E-state index is -0.572. The minimum Gasteiger partial charge on any atom is -0.376 e. The topological polar surface area (TPSA) is 55.2 Å². The largest absolute Gasteiger partial charge is 0.376 e. The molecule has 0 saturated carbocycles. The molecule has 0 amide bonds. The summed E-state index contributed by atoms with van der Waals surface area (Å²) in [4.78, 5) is 10.2.